The number of amides is 2. The third-order valence-corrected chi connectivity index (χ3v) is 10.1. The average molecular weight is 673 g/mol. The van der Waals surface area contributed by atoms with Crippen LogP contribution in [-0.4, -0.2) is 58.9 Å². The van der Waals surface area contributed by atoms with Crippen LogP contribution in [0.25, 0.3) is 11.3 Å². The monoisotopic (exact) mass is 672 g/mol. The maximum Gasteiger partial charge on any atom is 0.435 e. The Balaban J connectivity index is 1.40. The van der Waals surface area contributed by atoms with Crippen molar-refractivity contribution in [3.63, 3.8) is 0 Å². The molecular weight excluding hydrogens is 645 g/mol. The molecule has 1 spiro atoms. The highest BCUT2D eigenvalue weighted by Gasteiger charge is 2.44. The van der Waals surface area contributed by atoms with Crippen LogP contribution >= 0.6 is 11.3 Å². The number of carbonyl (C=O) groups excluding carboxylic acids is 2. The van der Waals surface area contributed by atoms with Crippen molar-refractivity contribution in [2.24, 2.45) is 0 Å². The van der Waals surface area contributed by atoms with Gasteiger partial charge in [-0.1, -0.05) is 24.3 Å². The SMILES string of the molecule is Cc1nc(C(F)(F)F)c(C(=O)N2CCC3(CC2)NC(=O)c2cccc(c2)S(=O)(=O)Nc2nc(cc(-c4c(C)cccc4C)n2)O3)s1. The number of nitrogens with one attached hydrogen (secondary N) is 2. The smallest absolute Gasteiger partial charge is 0.435 e. The van der Waals surface area contributed by atoms with Crippen molar-refractivity contribution < 1.29 is 35.9 Å². The van der Waals surface area contributed by atoms with E-state index in [2.05, 4.69) is 25.0 Å². The maximum atomic E-state index is 13.6. The standard InChI is InChI=1S/C30H27F3N6O5S2/c1-16-6-4-7-17(2)23(16)21-15-22-36-28(35-21)38-46(42,43)20-9-5-8-19(14-20)26(40)37-29(44-22)10-12-39(13-11-29)27(41)24-25(30(31,32)33)34-18(3)45-24/h4-9,14-15H,10-13H2,1-3H3,(H,37,40)(H,35,36,38). The number of alkyl halides is 3. The highest BCUT2D eigenvalue weighted by molar-refractivity contribution is 7.92. The molecule has 2 aliphatic rings. The Labute approximate surface area is 265 Å². The van der Waals surface area contributed by atoms with E-state index in [1.807, 2.05) is 32.0 Å². The van der Waals surface area contributed by atoms with E-state index in [9.17, 15) is 31.2 Å². The Morgan fingerprint density at radius 1 is 1.00 bits per heavy atom. The number of hydrogen-bond acceptors (Lipinski definition) is 9. The molecule has 2 N–H and O–H groups in total. The number of aromatic nitrogens is 3. The molecule has 4 aromatic rings. The van der Waals surface area contributed by atoms with Crippen LogP contribution in [0.2, 0.25) is 0 Å². The molecule has 46 heavy (non-hydrogen) atoms. The van der Waals surface area contributed by atoms with Crippen LogP contribution in [-0.2, 0) is 16.2 Å². The first-order valence-corrected chi connectivity index (χ1v) is 16.4. The van der Waals surface area contributed by atoms with Crippen LogP contribution in [0.3, 0.4) is 0 Å². The number of nitrogens with zero attached hydrogens (tertiary/aromatic N) is 4. The average Bonchev–Trinajstić information content (AvgIpc) is 3.39. The molecule has 2 amide bonds. The van der Waals surface area contributed by atoms with Crippen molar-refractivity contribution in [1.29, 1.82) is 0 Å². The first-order valence-electron chi connectivity index (χ1n) is 14.1. The zero-order valence-electron chi connectivity index (χ0n) is 24.7. The highest BCUT2D eigenvalue weighted by Crippen LogP contribution is 2.37. The van der Waals surface area contributed by atoms with E-state index < -0.39 is 44.3 Å². The first-order chi connectivity index (χ1) is 21.6. The van der Waals surface area contributed by atoms with Crippen molar-refractivity contribution in [2.75, 3.05) is 17.8 Å². The van der Waals surface area contributed by atoms with Crippen LogP contribution in [0.4, 0.5) is 19.1 Å². The Kier molecular flexibility index (Phi) is 7.75. The van der Waals surface area contributed by atoms with Gasteiger partial charge in [-0.2, -0.15) is 18.2 Å². The second-order valence-corrected chi connectivity index (χ2v) is 14.0. The van der Waals surface area contributed by atoms with E-state index in [1.54, 1.807) is 0 Å². The van der Waals surface area contributed by atoms with Gasteiger partial charge < -0.3 is 15.0 Å². The number of piperidine rings is 1. The number of aryl methyl sites for hydroxylation is 3. The molecule has 1 saturated heterocycles. The van der Waals surface area contributed by atoms with E-state index >= 15 is 0 Å². The van der Waals surface area contributed by atoms with Crippen LogP contribution < -0.4 is 14.8 Å². The van der Waals surface area contributed by atoms with Crippen LogP contribution in [0.5, 0.6) is 5.88 Å². The van der Waals surface area contributed by atoms with E-state index in [0.717, 1.165) is 16.7 Å². The Bertz CT molecular complexity index is 1970. The van der Waals surface area contributed by atoms with Gasteiger partial charge in [0.2, 0.25) is 11.8 Å². The molecule has 240 valence electrons. The summed E-state index contributed by atoms with van der Waals surface area (Å²) in [6.07, 6.45) is -4.84. The summed E-state index contributed by atoms with van der Waals surface area (Å²) in [7, 11) is -4.22. The lowest BCUT2D eigenvalue weighted by molar-refractivity contribution is -0.141. The largest absolute Gasteiger partial charge is 0.451 e. The summed E-state index contributed by atoms with van der Waals surface area (Å²) in [5.41, 5.74) is 0.132. The molecule has 2 aliphatic heterocycles. The van der Waals surface area contributed by atoms with Gasteiger partial charge in [0, 0.05) is 43.1 Å². The first kappa shape index (κ1) is 31.4. The molecule has 0 aliphatic carbocycles. The number of sulfonamides is 1. The molecule has 2 aromatic heterocycles. The number of hydrogen-bond donors (Lipinski definition) is 2. The maximum absolute atomic E-state index is 13.6. The summed E-state index contributed by atoms with van der Waals surface area (Å²) >= 11 is 0.668. The third kappa shape index (κ3) is 6.01. The normalized spacial score (nSPS) is 17.3. The number of ether oxygens (including phenoxy) is 1. The Hall–Kier alpha value is -4.57. The number of rotatable bonds is 2. The van der Waals surface area contributed by atoms with Gasteiger partial charge in [0.25, 0.3) is 21.8 Å². The summed E-state index contributed by atoms with van der Waals surface area (Å²) in [4.78, 5) is 39.7. The van der Waals surface area contributed by atoms with Gasteiger partial charge in [-0.3, -0.25) is 9.59 Å². The molecule has 0 unspecified atom stereocenters. The molecule has 4 heterocycles. The molecule has 11 nitrogen and oxygen atoms in total. The topological polar surface area (TPSA) is 143 Å². The van der Waals surface area contributed by atoms with Crippen LogP contribution in [0.1, 0.15) is 54.7 Å². The molecule has 1 fully saturated rings. The molecule has 2 aromatic carbocycles. The number of benzene rings is 2. The summed E-state index contributed by atoms with van der Waals surface area (Å²) in [6.45, 7) is 5.02. The number of fused-ring (bicyclic) bond motifs is 4. The number of thiazole rings is 1. The quantitative estimate of drug-likeness (QED) is 0.300. The van der Waals surface area contributed by atoms with Crippen molar-refractivity contribution in [3.05, 3.63) is 80.8 Å². The van der Waals surface area contributed by atoms with Crippen molar-refractivity contribution in [3.8, 4) is 17.1 Å². The molecule has 0 saturated carbocycles. The van der Waals surface area contributed by atoms with Gasteiger partial charge in [0.1, 0.15) is 4.88 Å². The number of halogens is 3. The van der Waals surface area contributed by atoms with Gasteiger partial charge in [-0.25, -0.2) is 23.1 Å². The van der Waals surface area contributed by atoms with Crippen LogP contribution in [0, 0.1) is 20.8 Å². The van der Waals surface area contributed by atoms with E-state index in [4.69, 9.17) is 4.74 Å². The fraction of sp³-hybridized carbons (Fsp3) is 0.300. The Morgan fingerprint density at radius 2 is 1.67 bits per heavy atom. The summed E-state index contributed by atoms with van der Waals surface area (Å²) in [5.74, 6) is -1.81. The van der Waals surface area contributed by atoms with E-state index in [1.165, 1.54) is 42.2 Å². The van der Waals surface area contributed by atoms with Gasteiger partial charge >= 0.3 is 6.18 Å². The zero-order chi connectivity index (χ0) is 33.0. The predicted octanol–water partition coefficient (Wildman–Crippen LogP) is 5.10. The summed E-state index contributed by atoms with van der Waals surface area (Å²) < 4.78 is 76.3. The van der Waals surface area contributed by atoms with Crippen LogP contribution in [0.15, 0.2) is 53.4 Å². The zero-order valence-corrected chi connectivity index (χ0v) is 26.4. The Morgan fingerprint density at radius 3 is 2.35 bits per heavy atom. The lowest BCUT2D eigenvalue weighted by Crippen LogP contribution is -2.59. The van der Waals surface area contributed by atoms with Crippen molar-refractivity contribution in [1.82, 2.24) is 25.2 Å². The van der Waals surface area contributed by atoms with E-state index in [0.29, 0.717) is 17.0 Å². The molecule has 0 radical (unpaired) electrons. The number of anilines is 1. The fourth-order valence-corrected chi connectivity index (χ4v) is 7.46. The molecule has 0 atom stereocenters. The van der Waals surface area contributed by atoms with Gasteiger partial charge in [-0.05, 0) is 50.1 Å². The minimum Gasteiger partial charge on any atom is -0.451 e. The second-order valence-electron chi connectivity index (χ2n) is 11.1. The lowest BCUT2D eigenvalue weighted by atomic mass is 9.98. The minimum absolute atomic E-state index is 0.0207. The van der Waals surface area contributed by atoms with Gasteiger partial charge in [0.05, 0.1) is 15.6 Å². The molecule has 16 heteroatoms. The third-order valence-electron chi connectivity index (χ3n) is 7.77. The predicted molar refractivity (Wildman–Crippen MR) is 162 cm³/mol. The van der Waals surface area contributed by atoms with Crippen molar-refractivity contribution in [2.45, 2.75) is 50.4 Å². The minimum atomic E-state index is -4.80. The second kappa shape index (κ2) is 11.3. The lowest BCUT2D eigenvalue weighted by Gasteiger charge is -2.41. The van der Waals surface area contributed by atoms with Gasteiger partial charge in [0.15, 0.2) is 11.4 Å². The number of carbonyl (C=O) groups is 2. The van der Waals surface area contributed by atoms with Crippen molar-refractivity contribution >= 4 is 39.1 Å². The molecule has 6 rings (SSSR count). The fourth-order valence-electron chi connectivity index (χ4n) is 5.56. The molecule has 4 bridgehead atoms. The summed E-state index contributed by atoms with van der Waals surface area (Å²) in [5, 5.41) is 2.96. The van der Waals surface area contributed by atoms with Gasteiger partial charge in [-0.15, -0.1) is 11.3 Å². The highest BCUT2D eigenvalue weighted by atomic mass is 32.2. The van der Waals surface area contributed by atoms with E-state index in [-0.39, 0.29) is 53.2 Å². The summed E-state index contributed by atoms with van der Waals surface area (Å²) in [6, 6.07) is 12.5. The molecular formula is C30H27F3N6O5S2. The number of likely N-dealkylation sites (tertiary alicyclic amines) is 1.